The monoisotopic (exact) mass is 251 g/mol. The first-order valence-corrected chi connectivity index (χ1v) is 6.05. The average Bonchev–Trinajstić information content (AvgIpc) is 2.94. The highest BCUT2D eigenvalue weighted by Gasteiger charge is 2.33. The summed E-state index contributed by atoms with van der Waals surface area (Å²) in [5.41, 5.74) is -0.317. The molecule has 0 spiro atoms. The predicted molar refractivity (Wildman–Crippen MR) is 65.1 cm³/mol. The second-order valence-electron chi connectivity index (χ2n) is 4.37. The molecule has 1 aliphatic rings. The topological polar surface area (TPSA) is 81.4 Å². The molecule has 0 aliphatic heterocycles. The van der Waals surface area contributed by atoms with E-state index in [2.05, 4.69) is 25.4 Å². The van der Waals surface area contributed by atoms with Gasteiger partial charge < -0.3 is 5.32 Å². The Bertz CT molecular complexity index is 409. The number of hydrogen-bond acceptors (Lipinski definition) is 5. The van der Waals surface area contributed by atoms with Gasteiger partial charge >= 0.3 is 6.09 Å². The maximum atomic E-state index is 11.0. The van der Waals surface area contributed by atoms with Crippen LogP contribution in [-0.4, -0.2) is 34.1 Å². The molecule has 1 fully saturated rings. The van der Waals surface area contributed by atoms with E-state index >= 15 is 0 Å². The third-order valence-electron chi connectivity index (χ3n) is 3.23. The highest BCUT2D eigenvalue weighted by atomic mass is 16.7. The van der Waals surface area contributed by atoms with E-state index in [1.54, 1.807) is 17.2 Å². The Balaban J connectivity index is 2.13. The maximum absolute atomic E-state index is 11.0. The van der Waals surface area contributed by atoms with Crippen molar-refractivity contribution in [3.63, 3.8) is 0 Å². The molecular formula is C11H17N5O2. The Morgan fingerprint density at radius 2 is 2.28 bits per heavy atom. The molecule has 1 amide bonds. The molecule has 1 N–H and O–H groups in total. The minimum Gasteiger partial charge on any atom is -0.323 e. The van der Waals surface area contributed by atoms with Crippen molar-refractivity contribution in [2.75, 3.05) is 7.05 Å². The van der Waals surface area contributed by atoms with Crippen LogP contribution >= 0.6 is 0 Å². The summed E-state index contributed by atoms with van der Waals surface area (Å²) >= 11 is 0. The lowest BCUT2D eigenvalue weighted by atomic mass is 9.83. The largest absolute Gasteiger partial charge is 0.433 e. The maximum Gasteiger partial charge on any atom is 0.433 e. The lowest BCUT2D eigenvalue weighted by Gasteiger charge is -2.33. The smallest absolute Gasteiger partial charge is 0.323 e. The number of carbonyl (C=O) groups is 1. The first kappa shape index (κ1) is 12.5. The Kier molecular flexibility index (Phi) is 3.91. The zero-order valence-corrected chi connectivity index (χ0v) is 10.4. The molecule has 1 aliphatic carbocycles. The van der Waals surface area contributed by atoms with Gasteiger partial charge in [-0.1, -0.05) is 24.4 Å². The van der Waals surface area contributed by atoms with Gasteiger partial charge in [-0.25, -0.2) is 14.5 Å². The van der Waals surface area contributed by atoms with Crippen LogP contribution < -0.4 is 5.32 Å². The van der Waals surface area contributed by atoms with Crippen LogP contribution in [0.25, 0.3) is 0 Å². The number of amides is 1. The van der Waals surface area contributed by atoms with Gasteiger partial charge in [0.1, 0.15) is 18.2 Å². The van der Waals surface area contributed by atoms with Gasteiger partial charge in [0.25, 0.3) is 0 Å². The molecule has 0 unspecified atom stereocenters. The molecule has 2 rings (SSSR count). The van der Waals surface area contributed by atoms with Crippen molar-refractivity contribution < 1.29 is 9.63 Å². The molecular weight excluding hydrogens is 234 g/mol. The lowest BCUT2D eigenvalue weighted by molar-refractivity contribution is 0.150. The quantitative estimate of drug-likeness (QED) is 0.498. The van der Waals surface area contributed by atoms with E-state index in [0.29, 0.717) is 0 Å². The fourth-order valence-corrected chi connectivity index (χ4v) is 2.24. The van der Waals surface area contributed by atoms with E-state index in [-0.39, 0.29) is 5.54 Å². The summed E-state index contributed by atoms with van der Waals surface area (Å²) in [4.78, 5) is 19.6. The minimum atomic E-state index is -0.573. The van der Waals surface area contributed by atoms with E-state index < -0.39 is 6.09 Å². The molecule has 0 saturated heterocycles. The highest BCUT2D eigenvalue weighted by molar-refractivity contribution is 5.71. The van der Waals surface area contributed by atoms with Crippen molar-refractivity contribution in [3.05, 3.63) is 12.7 Å². The fraction of sp³-hybridized carbons (Fsp3) is 0.636. The zero-order valence-electron chi connectivity index (χ0n) is 10.4. The molecule has 18 heavy (non-hydrogen) atoms. The SMILES string of the molecule is CNC(=O)O/N=C/C1(n2cncn2)CCCCC1. The first-order valence-electron chi connectivity index (χ1n) is 6.05. The summed E-state index contributed by atoms with van der Waals surface area (Å²) in [6.45, 7) is 0. The predicted octanol–water partition coefficient (Wildman–Crippen LogP) is 1.28. The van der Waals surface area contributed by atoms with Crippen LogP contribution in [0, 0.1) is 0 Å². The Labute approximate surface area is 105 Å². The van der Waals surface area contributed by atoms with E-state index in [0.717, 1.165) is 25.7 Å². The van der Waals surface area contributed by atoms with Crippen LogP contribution in [0.15, 0.2) is 17.8 Å². The second kappa shape index (κ2) is 5.61. The molecule has 0 aromatic carbocycles. The van der Waals surface area contributed by atoms with Crippen LogP contribution in [0.3, 0.4) is 0 Å². The minimum absolute atomic E-state index is 0.317. The number of oxime groups is 1. The summed E-state index contributed by atoms with van der Waals surface area (Å²) in [7, 11) is 1.49. The fourth-order valence-electron chi connectivity index (χ4n) is 2.24. The third-order valence-corrected chi connectivity index (χ3v) is 3.23. The molecule has 1 aromatic heterocycles. The number of aromatic nitrogens is 3. The summed E-state index contributed by atoms with van der Waals surface area (Å²) in [6.07, 6.45) is 9.54. The van der Waals surface area contributed by atoms with Crippen LogP contribution in [0.4, 0.5) is 4.79 Å². The Morgan fingerprint density at radius 3 is 2.89 bits per heavy atom. The Hall–Kier alpha value is -1.92. The molecule has 1 heterocycles. The van der Waals surface area contributed by atoms with Gasteiger partial charge in [0.15, 0.2) is 0 Å². The van der Waals surface area contributed by atoms with Gasteiger partial charge in [-0.15, -0.1) is 0 Å². The zero-order chi connectivity index (χ0) is 12.8. The number of hydrogen-bond donors (Lipinski definition) is 1. The standard InChI is InChI=1S/C11H17N5O2/c1-12-10(17)18-15-7-11(5-3-2-4-6-11)16-9-13-8-14-16/h7-9H,2-6H2,1H3,(H,12,17)/b15-7+. The van der Waals surface area contributed by atoms with Crippen molar-refractivity contribution in [1.29, 1.82) is 0 Å². The van der Waals surface area contributed by atoms with Crippen molar-refractivity contribution in [3.8, 4) is 0 Å². The van der Waals surface area contributed by atoms with E-state index in [9.17, 15) is 4.79 Å². The molecule has 1 saturated carbocycles. The van der Waals surface area contributed by atoms with Gasteiger partial charge in [-0.3, -0.25) is 4.84 Å². The molecule has 7 heteroatoms. The van der Waals surface area contributed by atoms with Crippen molar-refractivity contribution in [2.24, 2.45) is 5.16 Å². The number of carbonyl (C=O) groups excluding carboxylic acids is 1. The number of nitrogens with zero attached hydrogens (tertiary/aromatic N) is 4. The molecule has 0 atom stereocenters. The van der Waals surface area contributed by atoms with Crippen molar-refractivity contribution in [1.82, 2.24) is 20.1 Å². The summed E-state index contributed by atoms with van der Waals surface area (Å²) in [6, 6.07) is 0. The van der Waals surface area contributed by atoms with E-state index in [1.165, 1.54) is 19.8 Å². The molecule has 0 bridgehead atoms. The van der Waals surface area contributed by atoms with Crippen LogP contribution in [0.2, 0.25) is 0 Å². The second-order valence-corrected chi connectivity index (χ2v) is 4.37. The van der Waals surface area contributed by atoms with Gasteiger partial charge in [-0.05, 0) is 12.8 Å². The lowest BCUT2D eigenvalue weighted by Crippen LogP contribution is -2.38. The highest BCUT2D eigenvalue weighted by Crippen LogP contribution is 2.32. The third kappa shape index (κ3) is 2.66. The molecule has 1 aromatic rings. The van der Waals surface area contributed by atoms with Crippen molar-refractivity contribution in [2.45, 2.75) is 37.6 Å². The Morgan fingerprint density at radius 1 is 1.50 bits per heavy atom. The summed E-state index contributed by atoms with van der Waals surface area (Å²) in [5.74, 6) is 0. The van der Waals surface area contributed by atoms with Crippen LogP contribution in [-0.2, 0) is 10.4 Å². The summed E-state index contributed by atoms with van der Waals surface area (Å²) in [5, 5.41) is 10.3. The molecule has 98 valence electrons. The van der Waals surface area contributed by atoms with E-state index in [4.69, 9.17) is 0 Å². The molecule has 7 nitrogen and oxygen atoms in total. The van der Waals surface area contributed by atoms with Gasteiger partial charge in [-0.2, -0.15) is 5.10 Å². The summed E-state index contributed by atoms with van der Waals surface area (Å²) < 4.78 is 1.79. The van der Waals surface area contributed by atoms with Gasteiger partial charge in [0.05, 0.1) is 6.21 Å². The van der Waals surface area contributed by atoms with Crippen molar-refractivity contribution >= 4 is 12.3 Å². The number of nitrogens with one attached hydrogen (secondary N) is 1. The molecule has 0 radical (unpaired) electrons. The first-order chi connectivity index (χ1) is 8.77. The van der Waals surface area contributed by atoms with Crippen LogP contribution in [0.1, 0.15) is 32.1 Å². The van der Waals surface area contributed by atoms with Gasteiger partial charge in [0, 0.05) is 7.05 Å². The number of rotatable bonds is 3. The van der Waals surface area contributed by atoms with Gasteiger partial charge in [0.2, 0.25) is 0 Å². The van der Waals surface area contributed by atoms with Crippen LogP contribution in [0.5, 0.6) is 0 Å². The normalized spacial score (nSPS) is 18.7. The van der Waals surface area contributed by atoms with E-state index in [1.807, 2.05) is 0 Å². The average molecular weight is 251 g/mol.